The van der Waals surface area contributed by atoms with Crippen LogP contribution in [0, 0.1) is 0 Å². The molecule has 0 saturated heterocycles. The quantitative estimate of drug-likeness (QED) is 0.676. The van der Waals surface area contributed by atoms with Gasteiger partial charge >= 0.3 is 0 Å². The maximum atomic E-state index is 10.5. The Morgan fingerprint density at radius 3 is 2.41 bits per heavy atom. The van der Waals surface area contributed by atoms with E-state index in [-0.39, 0.29) is 0 Å². The lowest BCUT2D eigenvalue weighted by Crippen LogP contribution is -2.05. The van der Waals surface area contributed by atoms with Gasteiger partial charge in [-0.25, -0.2) is 0 Å². The summed E-state index contributed by atoms with van der Waals surface area (Å²) in [6, 6.07) is 8.56. The van der Waals surface area contributed by atoms with Crippen molar-refractivity contribution in [1.82, 2.24) is 0 Å². The average molecular weight is 234 g/mol. The van der Waals surface area contributed by atoms with E-state index in [0.717, 1.165) is 19.1 Å². The number of aryl methyl sites for hydroxylation is 1. The van der Waals surface area contributed by atoms with Gasteiger partial charge in [0.05, 0.1) is 6.10 Å². The Morgan fingerprint density at radius 2 is 1.88 bits per heavy atom. The number of benzene rings is 1. The van der Waals surface area contributed by atoms with Crippen molar-refractivity contribution in [2.75, 3.05) is 7.11 Å². The largest absolute Gasteiger partial charge is 0.382 e. The summed E-state index contributed by atoms with van der Waals surface area (Å²) in [4.78, 5) is 10.5. The molecule has 2 atom stereocenters. The summed E-state index contributed by atoms with van der Waals surface area (Å²) in [7, 11) is 1.74. The van der Waals surface area contributed by atoms with E-state index in [0.29, 0.717) is 18.4 Å². The van der Waals surface area contributed by atoms with E-state index in [9.17, 15) is 4.79 Å². The normalized spacial score (nSPS) is 14.3. The van der Waals surface area contributed by atoms with Gasteiger partial charge in [0.25, 0.3) is 0 Å². The first kappa shape index (κ1) is 13.9. The molecule has 2 heteroatoms. The topological polar surface area (TPSA) is 26.3 Å². The van der Waals surface area contributed by atoms with Crippen molar-refractivity contribution in [2.45, 2.75) is 45.1 Å². The van der Waals surface area contributed by atoms with E-state index in [4.69, 9.17) is 4.74 Å². The fourth-order valence-electron chi connectivity index (χ4n) is 1.78. The molecule has 0 saturated carbocycles. The van der Waals surface area contributed by atoms with Gasteiger partial charge in [-0.15, -0.1) is 0 Å². The van der Waals surface area contributed by atoms with E-state index < -0.39 is 0 Å². The zero-order valence-electron chi connectivity index (χ0n) is 11.0. The first-order chi connectivity index (χ1) is 8.17. The molecule has 17 heavy (non-hydrogen) atoms. The maximum Gasteiger partial charge on any atom is 0.120 e. The molecule has 1 rings (SSSR count). The van der Waals surface area contributed by atoms with Crippen LogP contribution in [-0.2, 0) is 16.0 Å². The smallest absolute Gasteiger partial charge is 0.120 e. The van der Waals surface area contributed by atoms with Crippen molar-refractivity contribution in [1.29, 1.82) is 0 Å². The summed E-state index contributed by atoms with van der Waals surface area (Å²) in [5.41, 5.74) is 2.57. The molecule has 0 N–H and O–H groups in total. The lowest BCUT2D eigenvalue weighted by Gasteiger charge is -2.11. The molecule has 94 valence electrons. The maximum absolute atomic E-state index is 10.5. The van der Waals surface area contributed by atoms with Crippen LogP contribution in [0.3, 0.4) is 0 Å². The Morgan fingerprint density at radius 1 is 1.24 bits per heavy atom. The summed E-state index contributed by atoms with van der Waals surface area (Å²) < 4.78 is 5.23. The number of aldehydes is 1. The van der Waals surface area contributed by atoms with Crippen LogP contribution >= 0.6 is 0 Å². The summed E-state index contributed by atoms with van der Waals surface area (Å²) in [5.74, 6) is 0.319. The summed E-state index contributed by atoms with van der Waals surface area (Å²) in [6.07, 6.45) is 3.97. The molecule has 0 bridgehead atoms. The zero-order chi connectivity index (χ0) is 12.7. The number of rotatable bonds is 7. The predicted molar refractivity (Wildman–Crippen MR) is 70.3 cm³/mol. The van der Waals surface area contributed by atoms with Gasteiger partial charge in [0.1, 0.15) is 6.29 Å². The van der Waals surface area contributed by atoms with E-state index >= 15 is 0 Å². The molecule has 0 spiro atoms. The Labute approximate surface area is 104 Å². The lowest BCUT2D eigenvalue weighted by atomic mass is 9.96. The molecule has 0 fully saturated rings. The highest BCUT2D eigenvalue weighted by Gasteiger charge is 2.05. The van der Waals surface area contributed by atoms with E-state index in [1.807, 2.05) is 0 Å². The van der Waals surface area contributed by atoms with Crippen LogP contribution in [0.15, 0.2) is 24.3 Å². The highest BCUT2D eigenvalue weighted by atomic mass is 16.5. The number of carbonyl (C=O) groups excluding carboxylic acids is 1. The van der Waals surface area contributed by atoms with Gasteiger partial charge in [0.15, 0.2) is 0 Å². The third-order valence-electron chi connectivity index (χ3n) is 3.24. The number of ether oxygens (including phenoxy) is 1. The molecule has 1 aromatic carbocycles. The van der Waals surface area contributed by atoms with Crippen molar-refractivity contribution in [2.24, 2.45) is 0 Å². The molecular formula is C15H22O2. The summed E-state index contributed by atoms with van der Waals surface area (Å²) in [5, 5.41) is 0. The Bertz CT molecular complexity index is 329. The number of carbonyl (C=O) groups is 1. The van der Waals surface area contributed by atoms with Gasteiger partial charge in [0, 0.05) is 13.5 Å². The molecule has 1 aromatic rings. The van der Waals surface area contributed by atoms with Crippen molar-refractivity contribution >= 4 is 6.29 Å². The minimum atomic E-state index is 0.309. The summed E-state index contributed by atoms with van der Waals surface area (Å²) >= 11 is 0. The van der Waals surface area contributed by atoms with Crippen molar-refractivity contribution in [3.05, 3.63) is 35.4 Å². The summed E-state index contributed by atoms with van der Waals surface area (Å²) in [6.45, 7) is 4.16. The van der Waals surface area contributed by atoms with Crippen LogP contribution in [0.4, 0.5) is 0 Å². The van der Waals surface area contributed by atoms with Crippen LogP contribution in [0.1, 0.15) is 43.7 Å². The molecule has 2 unspecified atom stereocenters. The average Bonchev–Trinajstić information content (AvgIpc) is 2.36. The second kappa shape index (κ2) is 7.23. The van der Waals surface area contributed by atoms with Gasteiger partial charge in [-0.3, -0.25) is 0 Å². The van der Waals surface area contributed by atoms with Crippen LogP contribution in [0.2, 0.25) is 0 Å². The second-order valence-corrected chi connectivity index (χ2v) is 4.63. The van der Waals surface area contributed by atoms with Gasteiger partial charge in [-0.2, -0.15) is 0 Å². The Hall–Kier alpha value is -1.15. The van der Waals surface area contributed by atoms with Crippen LogP contribution < -0.4 is 0 Å². The van der Waals surface area contributed by atoms with Crippen molar-refractivity contribution in [3.8, 4) is 0 Å². The molecule has 0 amide bonds. The molecule has 0 radical (unpaired) electrons. The molecular weight excluding hydrogens is 212 g/mol. The third kappa shape index (κ3) is 4.70. The van der Waals surface area contributed by atoms with Crippen molar-refractivity contribution < 1.29 is 9.53 Å². The highest BCUT2D eigenvalue weighted by Crippen LogP contribution is 2.19. The molecule has 0 aliphatic carbocycles. The molecule has 2 nitrogen and oxygen atoms in total. The Kier molecular flexibility index (Phi) is 5.92. The van der Waals surface area contributed by atoms with E-state index in [2.05, 4.69) is 38.1 Å². The number of hydrogen-bond donors (Lipinski definition) is 0. The number of methoxy groups -OCH3 is 1. The van der Waals surface area contributed by atoms with Crippen LogP contribution in [-0.4, -0.2) is 19.5 Å². The molecule has 0 aliphatic rings. The fourth-order valence-corrected chi connectivity index (χ4v) is 1.78. The van der Waals surface area contributed by atoms with Gasteiger partial charge in [-0.05, 0) is 36.8 Å². The van der Waals surface area contributed by atoms with Crippen LogP contribution in [0.25, 0.3) is 0 Å². The first-order valence-corrected chi connectivity index (χ1v) is 6.22. The van der Waals surface area contributed by atoms with E-state index in [1.54, 1.807) is 7.11 Å². The third-order valence-corrected chi connectivity index (χ3v) is 3.24. The zero-order valence-corrected chi connectivity index (χ0v) is 11.0. The van der Waals surface area contributed by atoms with Crippen molar-refractivity contribution in [3.63, 3.8) is 0 Å². The molecule has 0 aliphatic heterocycles. The first-order valence-electron chi connectivity index (χ1n) is 6.22. The minimum absolute atomic E-state index is 0.309. The molecule has 0 aromatic heterocycles. The lowest BCUT2D eigenvalue weighted by molar-refractivity contribution is -0.108. The monoisotopic (exact) mass is 234 g/mol. The standard InChI is InChI=1S/C15H22O2/c1-12(10-11-16)15-8-6-14(7-9-15)5-4-13(2)17-3/h6-9,11-13H,4-5,10H2,1-3H3. The Balaban J connectivity index is 2.52. The fraction of sp³-hybridized carbons (Fsp3) is 0.533. The predicted octanol–water partition coefficient (Wildman–Crippen LogP) is 3.35. The minimum Gasteiger partial charge on any atom is -0.382 e. The SMILES string of the molecule is COC(C)CCc1ccc(C(C)CC=O)cc1. The molecule has 0 heterocycles. The van der Waals surface area contributed by atoms with Gasteiger partial charge in [0.2, 0.25) is 0 Å². The number of hydrogen-bond acceptors (Lipinski definition) is 2. The van der Waals surface area contributed by atoms with Crippen LogP contribution in [0.5, 0.6) is 0 Å². The highest BCUT2D eigenvalue weighted by molar-refractivity contribution is 5.51. The van der Waals surface area contributed by atoms with Gasteiger partial charge in [-0.1, -0.05) is 31.2 Å². The second-order valence-electron chi connectivity index (χ2n) is 4.63. The van der Waals surface area contributed by atoms with Gasteiger partial charge < -0.3 is 9.53 Å². The van der Waals surface area contributed by atoms with E-state index in [1.165, 1.54) is 11.1 Å².